The monoisotopic (exact) mass is 667 g/mol. The van der Waals surface area contributed by atoms with E-state index in [-0.39, 0.29) is 18.5 Å². The molecule has 1 fully saturated rings. The maximum Gasteiger partial charge on any atom is 0.0870 e. The molecule has 1 heterocycles. The second-order valence-corrected chi connectivity index (χ2v) is 13.9. The molecule has 0 radical (unpaired) electrons. The molecule has 10 rings (SSSR count). The first-order valence-corrected chi connectivity index (χ1v) is 18.1. The van der Waals surface area contributed by atoms with Crippen LogP contribution in [0.4, 0.5) is 0 Å². The zero-order valence-corrected chi connectivity index (χ0v) is 28.6. The van der Waals surface area contributed by atoms with Crippen molar-refractivity contribution in [3.8, 4) is 33.4 Å². The minimum atomic E-state index is -0.149. The molecule has 1 saturated heterocycles. The Bertz CT molecular complexity index is 2590. The number of nitrogens with one attached hydrogen (secondary N) is 3. The van der Waals surface area contributed by atoms with Crippen molar-refractivity contribution in [2.75, 3.05) is 0 Å². The van der Waals surface area contributed by atoms with Gasteiger partial charge in [0.15, 0.2) is 0 Å². The van der Waals surface area contributed by atoms with Crippen LogP contribution in [0.15, 0.2) is 188 Å². The van der Waals surface area contributed by atoms with Gasteiger partial charge in [0.25, 0.3) is 0 Å². The van der Waals surface area contributed by atoms with Gasteiger partial charge < -0.3 is 0 Å². The summed E-state index contributed by atoms with van der Waals surface area (Å²) < 4.78 is 0. The number of hydrogen-bond donors (Lipinski definition) is 3. The lowest BCUT2D eigenvalue weighted by Crippen LogP contribution is -2.54. The Morgan fingerprint density at radius 3 is 1.38 bits per heavy atom. The molecule has 9 aromatic carbocycles. The van der Waals surface area contributed by atoms with Crippen molar-refractivity contribution >= 4 is 32.3 Å². The van der Waals surface area contributed by atoms with Gasteiger partial charge in [0.1, 0.15) is 0 Å². The summed E-state index contributed by atoms with van der Waals surface area (Å²) in [5.41, 5.74) is 10.8. The molecule has 1 aliphatic rings. The summed E-state index contributed by atoms with van der Waals surface area (Å²) in [7, 11) is 0. The predicted molar refractivity (Wildman–Crippen MR) is 217 cm³/mol. The highest BCUT2D eigenvalue weighted by Gasteiger charge is 2.31. The molecular formula is C49H37N3. The van der Waals surface area contributed by atoms with Crippen molar-refractivity contribution in [3.63, 3.8) is 0 Å². The molecule has 9 aromatic rings. The topological polar surface area (TPSA) is 36.1 Å². The van der Waals surface area contributed by atoms with E-state index < -0.39 is 0 Å². The van der Waals surface area contributed by atoms with Crippen LogP contribution in [-0.4, -0.2) is 0 Å². The third-order valence-electron chi connectivity index (χ3n) is 10.7. The average Bonchev–Trinajstić information content (AvgIpc) is 3.23. The van der Waals surface area contributed by atoms with Gasteiger partial charge >= 0.3 is 0 Å². The average molecular weight is 668 g/mol. The summed E-state index contributed by atoms with van der Waals surface area (Å²) in [6.45, 7) is 0. The fourth-order valence-electron chi connectivity index (χ4n) is 8.15. The van der Waals surface area contributed by atoms with E-state index in [4.69, 9.17) is 0 Å². The summed E-state index contributed by atoms with van der Waals surface area (Å²) in [4.78, 5) is 0. The van der Waals surface area contributed by atoms with Gasteiger partial charge in [-0.1, -0.05) is 164 Å². The summed E-state index contributed by atoms with van der Waals surface area (Å²) in [5.74, 6) is 0. The molecule has 0 bridgehead atoms. The van der Waals surface area contributed by atoms with E-state index in [0.29, 0.717) is 0 Å². The van der Waals surface area contributed by atoms with Crippen molar-refractivity contribution in [2.45, 2.75) is 18.5 Å². The lowest BCUT2D eigenvalue weighted by atomic mass is 9.89. The zero-order valence-electron chi connectivity index (χ0n) is 28.6. The molecule has 52 heavy (non-hydrogen) atoms. The Morgan fingerprint density at radius 2 is 0.769 bits per heavy atom. The van der Waals surface area contributed by atoms with Gasteiger partial charge in [0.05, 0.1) is 18.5 Å². The van der Waals surface area contributed by atoms with Gasteiger partial charge in [0, 0.05) is 0 Å². The lowest BCUT2D eigenvalue weighted by Gasteiger charge is -2.40. The van der Waals surface area contributed by atoms with E-state index >= 15 is 0 Å². The van der Waals surface area contributed by atoms with Crippen molar-refractivity contribution in [2.24, 2.45) is 0 Å². The molecule has 3 nitrogen and oxygen atoms in total. The molecule has 0 spiro atoms. The second-order valence-electron chi connectivity index (χ2n) is 13.9. The Labute approximate surface area is 303 Å². The number of hydrogen-bond acceptors (Lipinski definition) is 3. The van der Waals surface area contributed by atoms with Crippen LogP contribution >= 0.6 is 0 Å². The fourth-order valence-corrected chi connectivity index (χ4v) is 8.15. The molecule has 3 atom stereocenters. The molecule has 3 unspecified atom stereocenters. The third-order valence-corrected chi connectivity index (χ3v) is 10.7. The van der Waals surface area contributed by atoms with Gasteiger partial charge in [-0.2, -0.15) is 0 Å². The van der Waals surface area contributed by atoms with E-state index in [2.05, 4.69) is 204 Å². The number of benzene rings is 9. The van der Waals surface area contributed by atoms with Crippen LogP contribution < -0.4 is 16.0 Å². The summed E-state index contributed by atoms with van der Waals surface area (Å²) in [6, 6.07) is 68.3. The van der Waals surface area contributed by atoms with E-state index in [1.165, 1.54) is 82.4 Å². The van der Waals surface area contributed by atoms with Crippen LogP contribution in [-0.2, 0) is 0 Å². The first kappa shape index (κ1) is 30.7. The predicted octanol–water partition coefficient (Wildman–Crippen LogP) is 11.8. The van der Waals surface area contributed by atoms with Crippen molar-refractivity contribution in [1.82, 2.24) is 16.0 Å². The van der Waals surface area contributed by atoms with Crippen LogP contribution in [0.25, 0.3) is 65.7 Å². The number of rotatable bonds is 6. The van der Waals surface area contributed by atoms with E-state index in [9.17, 15) is 0 Å². The molecule has 1 aliphatic heterocycles. The minimum absolute atomic E-state index is 0.116. The largest absolute Gasteiger partial charge is 0.279 e. The van der Waals surface area contributed by atoms with Gasteiger partial charge in [0.2, 0.25) is 0 Å². The zero-order chi connectivity index (χ0) is 34.4. The Hall–Kier alpha value is -6.10. The van der Waals surface area contributed by atoms with Crippen LogP contribution in [0.2, 0.25) is 0 Å². The van der Waals surface area contributed by atoms with Crippen LogP contribution in [0, 0.1) is 0 Å². The molecular weight excluding hydrogens is 631 g/mol. The molecule has 0 saturated carbocycles. The normalized spacial score (nSPS) is 17.6. The van der Waals surface area contributed by atoms with E-state index in [1.54, 1.807) is 0 Å². The van der Waals surface area contributed by atoms with Gasteiger partial charge in [-0.3, -0.25) is 16.0 Å². The highest BCUT2D eigenvalue weighted by molar-refractivity contribution is 6.23. The van der Waals surface area contributed by atoms with Gasteiger partial charge in [-0.15, -0.1) is 0 Å². The Morgan fingerprint density at radius 1 is 0.288 bits per heavy atom. The van der Waals surface area contributed by atoms with Crippen molar-refractivity contribution in [1.29, 1.82) is 0 Å². The SMILES string of the molecule is c1ccc(-c2ccc(C3NC(c4cc(-c5ccccc5)cc(-c5ccccc5)c4)NC(c4cc5cccc6ccc7cccc4c7c65)N3)cc2)cc1. The molecule has 3 heteroatoms. The van der Waals surface area contributed by atoms with Crippen molar-refractivity contribution < 1.29 is 0 Å². The third kappa shape index (κ3) is 5.53. The van der Waals surface area contributed by atoms with E-state index in [1.807, 2.05) is 0 Å². The lowest BCUT2D eigenvalue weighted by molar-refractivity contribution is 0.204. The maximum absolute atomic E-state index is 4.05. The quantitative estimate of drug-likeness (QED) is 0.154. The summed E-state index contributed by atoms with van der Waals surface area (Å²) in [5, 5.41) is 19.8. The van der Waals surface area contributed by atoms with Gasteiger partial charge in [-0.25, -0.2) is 0 Å². The fraction of sp³-hybridized carbons (Fsp3) is 0.0612. The Kier molecular flexibility index (Phi) is 7.62. The summed E-state index contributed by atoms with van der Waals surface area (Å²) in [6.07, 6.45) is -0.404. The first-order valence-electron chi connectivity index (χ1n) is 18.1. The summed E-state index contributed by atoms with van der Waals surface area (Å²) >= 11 is 0. The molecule has 248 valence electrons. The molecule has 0 aliphatic carbocycles. The molecule has 0 amide bonds. The first-order chi connectivity index (χ1) is 25.7. The minimum Gasteiger partial charge on any atom is -0.279 e. The smallest absolute Gasteiger partial charge is 0.0870 e. The molecule has 3 N–H and O–H groups in total. The molecule has 0 aromatic heterocycles. The van der Waals surface area contributed by atoms with Gasteiger partial charge in [-0.05, 0) is 107 Å². The highest BCUT2D eigenvalue weighted by atomic mass is 15.4. The highest BCUT2D eigenvalue weighted by Crippen LogP contribution is 2.40. The maximum atomic E-state index is 4.05. The van der Waals surface area contributed by atoms with Crippen LogP contribution in [0.1, 0.15) is 35.2 Å². The second kappa shape index (κ2) is 12.9. The standard InChI is InChI=1S/C49H37N3/c1-4-12-32(13-5-1)35-22-26-38(27-23-35)47-50-48(42-29-40(33-14-6-2-7-15-33)28-41(30-42)34-16-8-3-9-17-34)52-49(51-47)44-31-39-20-10-18-36-24-25-37-19-11-21-43(44)46(37)45(36)39/h1-31,47-52H. The van der Waals surface area contributed by atoms with Crippen LogP contribution in [0.3, 0.4) is 0 Å². The van der Waals surface area contributed by atoms with Crippen molar-refractivity contribution in [3.05, 3.63) is 205 Å². The van der Waals surface area contributed by atoms with Crippen LogP contribution in [0.5, 0.6) is 0 Å². The van der Waals surface area contributed by atoms with E-state index in [0.717, 1.165) is 0 Å². The Balaban J connectivity index is 1.13.